The summed E-state index contributed by atoms with van der Waals surface area (Å²) in [6, 6.07) is 11.8. The van der Waals surface area contributed by atoms with Gasteiger partial charge in [-0.2, -0.15) is 15.3 Å². The van der Waals surface area contributed by atoms with Gasteiger partial charge in [-0.1, -0.05) is 6.07 Å². The van der Waals surface area contributed by atoms with E-state index < -0.39 is 11.9 Å². The molecular formula is C28H27FN8O2. The number of aromatic nitrogens is 4. The van der Waals surface area contributed by atoms with E-state index in [1.54, 1.807) is 54.7 Å². The van der Waals surface area contributed by atoms with Gasteiger partial charge in [-0.25, -0.2) is 9.37 Å². The van der Waals surface area contributed by atoms with Gasteiger partial charge in [0.2, 0.25) is 5.95 Å². The van der Waals surface area contributed by atoms with Crippen LogP contribution in [0.15, 0.2) is 48.8 Å². The van der Waals surface area contributed by atoms with Gasteiger partial charge in [-0.3, -0.25) is 14.8 Å². The third-order valence-corrected chi connectivity index (χ3v) is 7.59. The number of anilines is 5. The summed E-state index contributed by atoms with van der Waals surface area (Å²) in [7, 11) is 1.73. The number of rotatable bonds is 5. The standard InChI is InChI=1S/C28H27FN8O2/c1-16-27(38)37(21-5-3-4-17(10-21)13-30)24-15-31-28(33-19-11-18-14-32-35-25(18)23(29)12-19)34-26(24)36(16)20-6-8-22(39-2)9-7-20/h3-5,10-12,14-16,20,22H,6-9H2,1-2H3,(H,32,35)(H,31,33,34). The number of H-pyrrole nitrogens is 1. The molecule has 1 aliphatic heterocycles. The third-order valence-electron chi connectivity index (χ3n) is 7.59. The SMILES string of the molecule is COC1CCC(N2c3nc(Nc4cc(F)c5[nH]ncc5c4)ncc3N(c3cccc(C#N)c3)C(=O)C2C)CC1. The topological polar surface area (TPSA) is 123 Å². The zero-order valence-electron chi connectivity index (χ0n) is 21.6. The van der Waals surface area contributed by atoms with E-state index in [4.69, 9.17) is 9.72 Å². The summed E-state index contributed by atoms with van der Waals surface area (Å²) in [6.07, 6.45) is 6.86. The number of ether oxygens (including phenoxy) is 1. The van der Waals surface area contributed by atoms with Crippen LogP contribution in [0.1, 0.15) is 38.2 Å². The highest BCUT2D eigenvalue weighted by atomic mass is 19.1. The predicted octanol–water partition coefficient (Wildman–Crippen LogP) is 4.94. The number of benzene rings is 2. The van der Waals surface area contributed by atoms with Gasteiger partial charge < -0.3 is 15.0 Å². The van der Waals surface area contributed by atoms with E-state index in [-0.39, 0.29) is 24.0 Å². The molecule has 3 heterocycles. The highest BCUT2D eigenvalue weighted by Crippen LogP contribution is 2.43. The average Bonchev–Trinajstić information content (AvgIpc) is 3.44. The molecule has 4 aromatic rings. The summed E-state index contributed by atoms with van der Waals surface area (Å²) >= 11 is 0. The summed E-state index contributed by atoms with van der Waals surface area (Å²) in [4.78, 5) is 26.9. The monoisotopic (exact) mass is 526 g/mol. The summed E-state index contributed by atoms with van der Waals surface area (Å²) in [5.41, 5.74) is 2.36. The number of halogens is 1. The number of carbonyl (C=O) groups is 1. The van der Waals surface area contributed by atoms with Gasteiger partial charge in [0, 0.05) is 24.2 Å². The fourth-order valence-electron chi connectivity index (χ4n) is 5.63. The molecule has 1 saturated carbocycles. The first kappa shape index (κ1) is 24.8. The number of amides is 1. The Balaban J connectivity index is 1.43. The molecule has 198 valence electrons. The van der Waals surface area contributed by atoms with Gasteiger partial charge in [0.1, 0.15) is 17.2 Å². The summed E-state index contributed by atoms with van der Waals surface area (Å²) in [6.45, 7) is 1.88. The zero-order valence-corrected chi connectivity index (χ0v) is 21.6. The smallest absolute Gasteiger partial charge is 0.254 e. The van der Waals surface area contributed by atoms with E-state index in [1.807, 2.05) is 6.92 Å². The van der Waals surface area contributed by atoms with E-state index in [2.05, 4.69) is 31.5 Å². The number of fused-ring (bicyclic) bond motifs is 2. The molecule has 2 aromatic carbocycles. The van der Waals surface area contributed by atoms with Gasteiger partial charge in [0.25, 0.3) is 5.91 Å². The lowest BCUT2D eigenvalue weighted by atomic mass is 9.90. The second kappa shape index (κ2) is 9.96. The highest BCUT2D eigenvalue weighted by Gasteiger charge is 2.42. The first-order valence-corrected chi connectivity index (χ1v) is 12.9. The van der Waals surface area contributed by atoms with E-state index in [9.17, 15) is 14.4 Å². The average molecular weight is 527 g/mol. The van der Waals surface area contributed by atoms with Crippen molar-refractivity contribution in [3.63, 3.8) is 0 Å². The van der Waals surface area contributed by atoms with E-state index in [0.29, 0.717) is 39.3 Å². The number of nitrogens with zero attached hydrogens (tertiary/aromatic N) is 6. The van der Waals surface area contributed by atoms with Crippen LogP contribution in [0, 0.1) is 17.1 Å². The minimum atomic E-state index is -0.505. The molecule has 1 amide bonds. The highest BCUT2D eigenvalue weighted by molar-refractivity contribution is 6.10. The lowest BCUT2D eigenvalue weighted by Crippen LogP contribution is -2.55. The molecule has 1 atom stereocenters. The van der Waals surface area contributed by atoms with Crippen molar-refractivity contribution in [2.45, 2.75) is 50.8 Å². The van der Waals surface area contributed by atoms with Crippen molar-refractivity contribution in [2.75, 3.05) is 22.2 Å². The van der Waals surface area contributed by atoms with E-state index in [1.165, 1.54) is 6.07 Å². The Kier molecular flexibility index (Phi) is 6.32. The number of methoxy groups -OCH3 is 1. The molecule has 0 saturated heterocycles. The van der Waals surface area contributed by atoms with Crippen LogP contribution in [0.2, 0.25) is 0 Å². The third kappa shape index (κ3) is 4.42. The molecular weight excluding hydrogens is 499 g/mol. The van der Waals surface area contributed by atoms with Crippen LogP contribution >= 0.6 is 0 Å². The Morgan fingerprint density at radius 3 is 2.77 bits per heavy atom. The molecule has 2 N–H and O–H groups in total. The predicted molar refractivity (Wildman–Crippen MR) is 145 cm³/mol. The lowest BCUT2D eigenvalue weighted by molar-refractivity contribution is -0.119. The second-order valence-electron chi connectivity index (χ2n) is 9.91. The molecule has 1 fully saturated rings. The van der Waals surface area contributed by atoms with Crippen molar-refractivity contribution in [1.82, 2.24) is 20.2 Å². The van der Waals surface area contributed by atoms with Crippen LogP contribution < -0.4 is 15.1 Å². The van der Waals surface area contributed by atoms with E-state index >= 15 is 0 Å². The zero-order chi connectivity index (χ0) is 27.1. The lowest BCUT2D eigenvalue weighted by Gasteiger charge is -2.46. The molecule has 2 aromatic heterocycles. The molecule has 6 rings (SSSR count). The molecule has 11 heteroatoms. The van der Waals surface area contributed by atoms with Gasteiger partial charge in [0.15, 0.2) is 11.6 Å². The Hall–Kier alpha value is -4.56. The number of aromatic amines is 1. The quantitative estimate of drug-likeness (QED) is 0.375. The van der Waals surface area contributed by atoms with Crippen LogP contribution in [0.5, 0.6) is 0 Å². The fourth-order valence-corrected chi connectivity index (χ4v) is 5.63. The first-order valence-electron chi connectivity index (χ1n) is 12.9. The minimum absolute atomic E-state index is 0.0872. The maximum atomic E-state index is 14.6. The molecule has 1 aliphatic carbocycles. The normalized spacial score (nSPS) is 21.1. The van der Waals surface area contributed by atoms with E-state index in [0.717, 1.165) is 25.7 Å². The molecule has 1 unspecified atom stereocenters. The minimum Gasteiger partial charge on any atom is -0.381 e. The summed E-state index contributed by atoms with van der Waals surface area (Å²) < 4.78 is 20.1. The second-order valence-corrected chi connectivity index (χ2v) is 9.91. The van der Waals surface area contributed by atoms with Crippen molar-refractivity contribution >= 4 is 45.6 Å². The van der Waals surface area contributed by atoms with Crippen LogP contribution in [-0.4, -0.2) is 51.4 Å². The van der Waals surface area contributed by atoms with Gasteiger partial charge in [0.05, 0.1) is 35.8 Å². The first-order chi connectivity index (χ1) is 19.0. The Morgan fingerprint density at radius 1 is 1.18 bits per heavy atom. The Bertz CT molecular complexity index is 1590. The Morgan fingerprint density at radius 2 is 2.00 bits per heavy atom. The van der Waals surface area contributed by atoms with Crippen molar-refractivity contribution in [3.05, 3.63) is 60.2 Å². The van der Waals surface area contributed by atoms with Crippen LogP contribution in [-0.2, 0) is 9.53 Å². The fraction of sp³-hybridized carbons (Fsp3) is 0.321. The number of nitriles is 1. The maximum absolute atomic E-state index is 14.6. The number of carbonyl (C=O) groups excluding carboxylic acids is 1. The van der Waals surface area contributed by atoms with Gasteiger partial charge in [-0.15, -0.1) is 0 Å². The number of hydrogen-bond acceptors (Lipinski definition) is 8. The molecule has 0 spiro atoms. The molecule has 2 aliphatic rings. The maximum Gasteiger partial charge on any atom is 0.254 e. The van der Waals surface area contributed by atoms with Crippen molar-refractivity contribution in [2.24, 2.45) is 0 Å². The van der Waals surface area contributed by atoms with Crippen LogP contribution in [0.25, 0.3) is 10.9 Å². The molecule has 10 nitrogen and oxygen atoms in total. The number of hydrogen-bond donors (Lipinski definition) is 2. The van der Waals surface area contributed by atoms with Gasteiger partial charge >= 0.3 is 0 Å². The molecule has 0 radical (unpaired) electrons. The summed E-state index contributed by atoms with van der Waals surface area (Å²) in [5, 5.41) is 19.7. The van der Waals surface area contributed by atoms with Crippen LogP contribution in [0.3, 0.4) is 0 Å². The van der Waals surface area contributed by atoms with Gasteiger partial charge in [-0.05, 0) is 62.9 Å². The largest absolute Gasteiger partial charge is 0.381 e. The molecule has 39 heavy (non-hydrogen) atoms. The summed E-state index contributed by atoms with van der Waals surface area (Å²) in [5.74, 6) is 0.319. The molecule has 0 bridgehead atoms. The van der Waals surface area contributed by atoms with Crippen molar-refractivity contribution in [1.29, 1.82) is 5.26 Å². The number of nitrogens with one attached hydrogen (secondary N) is 2. The van der Waals surface area contributed by atoms with Crippen molar-refractivity contribution in [3.8, 4) is 6.07 Å². The van der Waals surface area contributed by atoms with Crippen molar-refractivity contribution < 1.29 is 13.9 Å². The van der Waals surface area contributed by atoms with Crippen LogP contribution in [0.4, 0.5) is 33.2 Å². The Labute approximate surface area is 224 Å².